The third kappa shape index (κ3) is 1.52. The molecule has 1 aliphatic rings. The molecule has 1 fully saturated rings. The maximum Gasteiger partial charge on any atom is 0.781 e. The summed E-state index contributed by atoms with van der Waals surface area (Å²) >= 11 is 0. The molecule has 8 heavy (non-hydrogen) atoms. The number of hydrogen-bond acceptors (Lipinski definition) is 6. The van der Waals surface area contributed by atoms with Gasteiger partial charge in [-0.25, -0.2) is 0 Å². The second-order valence-electron chi connectivity index (χ2n) is 0.746. The van der Waals surface area contributed by atoms with Crippen LogP contribution in [0.2, 0.25) is 0 Å². The zero-order chi connectivity index (χ0) is 5.98. The van der Waals surface area contributed by atoms with Crippen LogP contribution in [0.5, 0.6) is 0 Å². The molecule has 1 heterocycles. The molecule has 0 saturated carbocycles. The molecule has 1 rings (SSSR count). The van der Waals surface area contributed by atoms with Gasteiger partial charge in [0.05, 0.1) is 9.35 Å². The van der Waals surface area contributed by atoms with E-state index in [1.54, 1.807) is 0 Å². The lowest BCUT2D eigenvalue weighted by molar-refractivity contribution is -0.421. The van der Waals surface area contributed by atoms with Gasteiger partial charge in [-0.05, 0) is 0 Å². The van der Waals surface area contributed by atoms with E-state index in [-0.39, 0.29) is 0 Å². The Morgan fingerprint density at radius 3 is 1.75 bits per heavy atom. The Kier molecular flexibility index (Phi) is 1.96. The van der Waals surface area contributed by atoms with Gasteiger partial charge in [-0.15, -0.1) is 0 Å². The molecule has 0 radical (unpaired) electrons. The largest absolute Gasteiger partial charge is 0.781 e. The van der Waals surface area contributed by atoms with Crippen LogP contribution >= 0.6 is 16.5 Å². The van der Waals surface area contributed by atoms with Crippen molar-refractivity contribution in [3.05, 3.63) is 0 Å². The molecule has 1 aliphatic heterocycles. The smallest absolute Gasteiger partial charge is 0.0163 e. The third-order valence-corrected chi connectivity index (χ3v) is 1.75. The van der Waals surface area contributed by atoms with Gasteiger partial charge >= 0.3 is 16.5 Å². The van der Waals surface area contributed by atoms with E-state index in [1.807, 2.05) is 0 Å². The fourth-order valence-electron chi connectivity index (χ4n) is 0.145. The molecule has 44 valence electrons. The van der Waals surface area contributed by atoms with E-state index in [2.05, 4.69) is 18.7 Å². The highest BCUT2D eigenvalue weighted by molar-refractivity contribution is 7.47. The normalized spacial score (nSPS) is 30.5. The van der Waals surface area contributed by atoms with Crippen LogP contribution in [0, 0.1) is 0 Å². The summed E-state index contributed by atoms with van der Waals surface area (Å²) in [5.74, 6) is 0. The molecule has 0 aromatic carbocycles. The Labute approximate surface area is 45.4 Å². The van der Waals surface area contributed by atoms with Crippen LogP contribution in [0.1, 0.15) is 0 Å². The van der Waals surface area contributed by atoms with Crippen LogP contribution in [0.4, 0.5) is 0 Å². The minimum Gasteiger partial charge on any atom is 0.0163 e. The summed E-state index contributed by atoms with van der Waals surface area (Å²) < 4.78 is 31.4. The van der Waals surface area contributed by atoms with Gasteiger partial charge < -0.3 is 0 Å². The predicted molar refractivity (Wildman–Crippen MR) is 19.6 cm³/mol. The molecule has 0 aromatic heterocycles. The topological polar surface area (TPSA) is 71.1 Å². The first-order valence-electron chi connectivity index (χ1n) is 1.43. The van der Waals surface area contributed by atoms with Crippen molar-refractivity contribution in [2.45, 2.75) is 0 Å². The van der Waals surface area contributed by atoms with E-state index >= 15 is 0 Å². The van der Waals surface area contributed by atoms with Crippen LogP contribution in [0.3, 0.4) is 0 Å². The standard InChI is InChI=1S/O6P2/c1-7-4-3-5-8(2)6-7/q+2. The molecule has 0 aromatic rings. The lowest BCUT2D eigenvalue weighted by Gasteiger charge is -1.79. The van der Waals surface area contributed by atoms with Gasteiger partial charge in [0.25, 0.3) is 0 Å². The van der Waals surface area contributed by atoms with Gasteiger partial charge in [-0.1, -0.05) is 0 Å². The molecule has 0 N–H and O–H groups in total. The van der Waals surface area contributed by atoms with Crippen molar-refractivity contribution >= 4 is 16.5 Å². The lowest BCUT2D eigenvalue weighted by Crippen LogP contribution is -1.89. The average molecular weight is 158 g/mol. The van der Waals surface area contributed by atoms with E-state index < -0.39 is 16.5 Å². The maximum atomic E-state index is 9.99. The molecule has 0 bridgehead atoms. The monoisotopic (exact) mass is 158 g/mol. The highest BCUT2D eigenvalue weighted by Gasteiger charge is 2.49. The van der Waals surface area contributed by atoms with E-state index in [0.29, 0.717) is 0 Å². The van der Waals surface area contributed by atoms with Crippen LogP contribution in [0.15, 0.2) is 0 Å². The maximum absolute atomic E-state index is 9.99. The fourth-order valence-corrected chi connectivity index (χ4v) is 1.01. The van der Waals surface area contributed by atoms with Gasteiger partial charge in [0.2, 0.25) is 0 Å². The summed E-state index contributed by atoms with van der Waals surface area (Å²) in [6.07, 6.45) is 0. The van der Waals surface area contributed by atoms with Gasteiger partial charge in [0, 0.05) is 14.2 Å². The van der Waals surface area contributed by atoms with Crippen LogP contribution in [-0.4, -0.2) is 0 Å². The van der Waals surface area contributed by atoms with Crippen molar-refractivity contribution in [2.24, 2.45) is 0 Å². The highest BCUT2D eigenvalue weighted by atomic mass is 31.2. The van der Waals surface area contributed by atoms with Crippen molar-refractivity contribution in [3.8, 4) is 0 Å². The minimum atomic E-state index is -2.41. The second-order valence-corrected chi connectivity index (χ2v) is 2.59. The molecule has 0 spiro atoms. The predicted octanol–water partition coefficient (Wildman–Crippen LogP) is 1.21. The van der Waals surface area contributed by atoms with Crippen molar-refractivity contribution < 1.29 is 27.8 Å². The molecule has 2 atom stereocenters. The Bertz CT molecular complexity index is 112. The molecule has 8 heteroatoms. The van der Waals surface area contributed by atoms with Gasteiger partial charge in [-0.3, -0.25) is 0 Å². The van der Waals surface area contributed by atoms with Crippen LogP contribution in [-0.2, 0) is 27.8 Å². The van der Waals surface area contributed by atoms with Gasteiger partial charge in [0.1, 0.15) is 0 Å². The molecule has 0 amide bonds. The van der Waals surface area contributed by atoms with Crippen molar-refractivity contribution in [3.63, 3.8) is 0 Å². The van der Waals surface area contributed by atoms with Crippen molar-refractivity contribution in [1.82, 2.24) is 0 Å². The van der Waals surface area contributed by atoms with E-state index in [4.69, 9.17) is 0 Å². The molecular weight excluding hydrogens is 158 g/mol. The van der Waals surface area contributed by atoms with E-state index in [0.717, 1.165) is 0 Å². The van der Waals surface area contributed by atoms with E-state index in [9.17, 15) is 9.13 Å². The molecular formula is O6P2+2. The molecule has 2 unspecified atom stereocenters. The Balaban J connectivity index is 2.45. The Morgan fingerprint density at radius 1 is 1.00 bits per heavy atom. The first-order chi connectivity index (χ1) is 3.79. The number of hydrogen-bond donors (Lipinski definition) is 0. The summed E-state index contributed by atoms with van der Waals surface area (Å²) in [6.45, 7) is 0. The van der Waals surface area contributed by atoms with E-state index in [1.165, 1.54) is 0 Å². The Morgan fingerprint density at radius 2 is 1.50 bits per heavy atom. The first kappa shape index (κ1) is 6.16. The summed E-state index contributed by atoms with van der Waals surface area (Å²) in [6, 6.07) is 0. The summed E-state index contributed by atoms with van der Waals surface area (Å²) in [7, 11) is -4.82. The van der Waals surface area contributed by atoms with Crippen molar-refractivity contribution in [2.75, 3.05) is 0 Å². The summed E-state index contributed by atoms with van der Waals surface area (Å²) in [4.78, 5) is 0. The summed E-state index contributed by atoms with van der Waals surface area (Å²) in [5.41, 5.74) is 0. The van der Waals surface area contributed by atoms with Crippen molar-refractivity contribution in [1.29, 1.82) is 0 Å². The SMILES string of the molecule is O=[P+]1OOO[P+](=O)O1. The molecule has 0 aliphatic carbocycles. The molecule has 1 saturated heterocycles. The lowest BCUT2D eigenvalue weighted by atomic mass is 14.6. The quantitative estimate of drug-likeness (QED) is 0.389. The minimum absolute atomic E-state index is 2.41. The van der Waals surface area contributed by atoms with Crippen LogP contribution in [0.25, 0.3) is 0 Å². The number of rotatable bonds is 0. The summed E-state index contributed by atoms with van der Waals surface area (Å²) in [5, 5.41) is 3.60. The zero-order valence-electron chi connectivity index (χ0n) is 3.34. The average Bonchev–Trinajstić information content (AvgIpc) is 1.64. The zero-order valence-corrected chi connectivity index (χ0v) is 5.13. The van der Waals surface area contributed by atoms with Crippen LogP contribution < -0.4 is 0 Å². The first-order valence-corrected chi connectivity index (χ1v) is 3.62. The fraction of sp³-hybridized carbons (Fsp3) is 0. The van der Waals surface area contributed by atoms with Gasteiger partial charge in [0.15, 0.2) is 4.31 Å². The molecule has 6 nitrogen and oxygen atoms in total. The Hall–Kier alpha value is 0.0400. The second kappa shape index (κ2) is 2.55. The third-order valence-electron chi connectivity index (χ3n) is 0.316. The van der Waals surface area contributed by atoms with Gasteiger partial charge in [-0.2, -0.15) is 0 Å². The highest BCUT2D eigenvalue weighted by Crippen LogP contribution is 2.44.